The molecule has 4 rings (SSSR count). The molecule has 37 heavy (non-hydrogen) atoms. The van der Waals surface area contributed by atoms with Crippen LogP contribution in [0.1, 0.15) is 39.9 Å². The summed E-state index contributed by atoms with van der Waals surface area (Å²) in [5.74, 6) is -4.37. The average Bonchev–Trinajstić information content (AvgIpc) is 3.23. The number of hydrogen-bond donors (Lipinski definition) is 3. The second-order valence-electron chi connectivity index (χ2n) is 8.23. The van der Waals surface area contributed by atoms with Gasteiger partial charge < -0.3 is 10.8 Å². The molecule has 3 aromatic rings. The van der Waals surface area contributed by atoms with Crippen LogP contribution in [0.4, 0.5) is 23.2 Å². The van der Waals surface area contributed by atoms with E-state index in [0.29, 0.717) is 0 Å². The zero-order valence-electron chi connectivity index (χ0n) is 19.3. The molecular formula is C23H22F4N4O5S. The van der Waals surface area contributed by atoms with Crippen LogP contribution < -0.4 is 10.5 Å². The van der Waals surface area contributed by atoms with Crippen LogP contribution in [-0.4, -0.2) is 41.4 Å². The van der Waals surface area contributed by atoms with Crippen molar-refractivity contribution >= 4 is 27.6 Å². The van der Waals surface area contributed by atoms with Gasteiger partial charge in [0.05, 0.1) is 16.7 Å². The van der Waals surface area contributed by atoms with Gasteiger partial charge in [-0.05, 0) is 79.6 Å². The number of hydrogen-bond acceptors (Lipinski definition) is 6. The van der Waals surface area contributed by atoms with E-state index < -0.39 is 33.9 Å². The molecule has 0 saturated carbocycles. The lowest BCUT2D eigenvalue weighted by Gasteiger charge is -2.18. The molecule has 9 nitrogen and oxygen atoms in total. The molecule has 1 aliphatic rings. The summed E-state index contributed by atoms with van der Waals surface area (Å²) in [7, 11) is -4.29. The maximum Gasteiger partial charge on any atom is 0.490 e. The fourth-order valence-electron chi connectivity index (χ4n) is 3.62. The van der Waals surface area contributed by atoms with Crippen molar-refractivity contribution in [2.24, 2.45) is 0 Å². The quantitative estimate of drug-likeness (QED) is 0.338. The summed E-state index contributed by atoms with van der Waals surface area (Å²) in [6.45, 7) is 1.81. The number of aryl methyl sites for hydroxylation is 3. The van der Waals surface area contributed by atoms with Gasteiger partial charge in [-0.2, -0.15) is 18.3 Å². The molecule has 1 amide bonds. The number of nitrogen functional groups attached to an aromatic ring is 1. The van der Waals surface area contributed by atoms with Gasteiger partial charge in [-0.1, -0.05) is 0 Å². The summed E-state index contributed by atoms with van der Waals surface area (Å²) < 4.78 is 74.9. The summed E-state index contributed by atoms with van der Waals surface area (Å²) in [5.41, 5.74) is 9.34. The number of nitrogens with two attached hydrogens (primary N) is 1. The molecule has 0 saturated heterocycles. The Morgan fingerprint density at radius 2 is 1.70 bits per heavy atom. The Labute approximate surface area is 209 Å². The molecule has 1 heterocycles. The first kappa shape index (κ1) is 27.6. The molecule has 0 spiro atoms. The molecule has 4 N–H and O–H groups in total. The van der Waals surface area contributed by atoms with Crippen LogP contribution in [0.25, 0.3) is 5.69 Å². The summed E-state index contributed by atoms with van der Waals surface area (Å²) in [4.78, 5) is 21.2. The van der Waals surface area contributed by atoms with Crippen molar-refractivity contribution in [1.82, 2.24) is 14.5 Å². The predicted octanol–water partition coefficient (Wildman–Crippen LogP) is 3.53. The van der Waals surface area contributed by atoms with E-state index in [4.69, 9.17) is 15.6 Å². The van der Waals surface area contributed by atoms with Crippen LogP contribution in [0, 0.1) is 12.7 Å². The number of carboxylic acids is 1. The van der Waals surface area contributed by atoms with E-state index in [1.165, 1.54) is 16.8 Å². The van der Waals surface area contributed by atoms with Gasteiger partial charge in [0, 0.05) is 11.9 Å². The third-order valence-corrected chi connectivity index (χ3v) is 6.74. The van der Waals surface area contributed by atoms with Crippen molar-refractivity contribution in [3.63, 3.8) is 0 Å². The van der Waals surface area contributed by atoms with E-state index in [0.717, 1.165) is 48.4 Å². The van der Waals surface area contributed by atoms with Gasteiger partial charge in [-0.3, -0.25) is 4.79 Å². The zero-order valence-corrected chi connectivity index (χ0v) is 20.2. The van der Waals surface area contributed by atoms with Crippen molar-refractivity contribution in [3.05, 3.63) is 70.8 Å². The molecule has 2 aromatic carbocycles. The second kappa shape index (κ2) is 10.6. The number of halogens is 4. The normalized spacial score (nSPS) is 13.2. The number of carboxylic acid groups (broad SMARTS) is 1. The minimum atomic E-state index is -5.08. The summed E-state index contributed by atoms with van der Waals surface area (Å²) in [5, 5.41) is 11.1. The van der Waals surface area contributed by atoms with Crippen LogP contribution in [0.3, 0.4) is 0 Å². The molecule has 14 heteroatoms. The fraction of sp³-hybridized carbons (Fsp3) is 0.261. The average molecular weight is 543 g/mol. The highest BCUT2D eigenvalue weighted by molar-refractivity contribution is 7.90. The third kappa shape index (κ3) is 6.64. The van der Waals surface area contributed by atoms with Crippen molar-refractivity contribution in [3.8, 4) is 5.69 Å². The first-order chi connectivity index (χ1) is 17.2. The standard InChI is InChI=1S/C21H21FN4O3S.C2HF3O2/c1-13-11-24-26(12-13)20-7-6-16(10-18(20)22)30(28,29)25-21(27)17-8-14-4-2-3-5-15(14)9-19(17)23;3-2(4,5)1(6)7/h6-12H,2-5,23H2,1H3,(H,25,27);(H,6,7). The van der Waals surface area contributed by atoms with Crippen molar-refractivity contribution in [2.75, 3.05) is 5.73 Å². The number of benzene rings is 2. The predicted molar refractivity (Wildman–Crippen MR) is 124 cm³/mol. The maximum absolute atomic E-state index is 14.5. The number of amides is 1. The van der Waals surface area contributed by atoms with Gasteiger partial charge in [-0.25, -0.2) is 27.0 Å². The number of alkyl halides is 3. The minimum Gasteiger partial charge on any atom is -0.475 e. The number of carbonyl (C=O) groups is 2. The Kier molecular flexibility index (Phi) is 7.91. The van der Waals surface area contributed by atoms with Crippen LogP contribution in [0.5, 0.6) is 0 Å². The number of sulfonamides is 1. The lowest BCUT2D eigenvalue weighted by Crippen LogP contribution is -2.31. The number of nitrogens with one attached hydrogen (secondary N) is 1. The molecule has 0 aliphatic heterocycles. The fourth-order valence-corrected chi connectivity index (χ4v) is 4.60. The van der Waals surface area contributed by atoms with Gasteiger partial charge in [0.15, 0.2) is 0 Å². The molecule has 0 unspecified atom stereocenters. The Hall–Kier alpha value is -3.94. The largest absolute Gasteiger partial charge is 0.490 e. The highest BCUT2D eigenvalue weighted by atomic mass is 32.2. The smallest absolute Gasteiger partial charge is 0.475 e. The topological polar surface area (TPSA) is 144 Å². The van der Waals surface area contributed by atoms with Gasteiger partial charge in [0.2, 0.25) is 0 Å². The maximum atomic E-state index is 14.5. The summed E-state index contributed by atoms with van der Waals surface area (Å²) in [6, 6.07) is 6.77. The number of nitrogens with zero attached hydrogens (tertiary/aromatic N) is 2. The van der Waals surface area contributed by atoms with Crippen LogP contribution in [0.2, 0.25) is 0 Å². The van der Waals surface area contributed by atoms with Gasteiger partial charge >= 0.3 is 12.1 Å². The van der Waals surface area contributed by atoms with Crippen LogP contribution in [0.15, 0.2) is 47.6 Å². The number of aliphatic carboxylic acids is 1. The van der Waals surface area contributed by atoms with Crippen molar-refractivity contribution in [1.29, 1.82) is 0 Å². The molecule has 0 radical (unpaired) electrons. The monoisotopic (exact) mass is 542 g/mol. The van der Waals surface area contributed by atoms with Gasteiger partial charge in [-0.15, -0.1) is 0 Å². The molecule has 0 bridgehead atoms. The first-order valence-corrected chi connectivity index (χ1v) is 12.3. The molecule has 0 fully saturated rings. The number of aromatic nitrogens is 2. The van der Waals surface area contributed by atoms with E-state index in [-0.39, 0.29) is 21.8 Å². The zero-order chi connectivity index (χ0) is 27.5. The highest BCUT2D eigenvalue weighted by Crippen LogP contribution is 2.27. The first-order valence-electron chi connectivity index (χ1n) is 10.8. The Balaban J connectivity index is 0.000000479. The Bertz CT molecular complexity index is 1450. The number of carbonyl (C=O) groups excluding carboxylic acids is 1. The lowest BCUT2D eigenvalue weighted by atomic mass is 9.89. The highest BCUT2D eigenvalue weighted by Gasteiger charge is 2.38. The van der Waals surface area contributed by atoms with E-state index >= 15 is 0 Å². The molecule has 1 aliphatic carbocycles. The van der Waals surface area contributed by atoms with Crippen LogP contribution >= 0.6 is 0 Å². The second-order valence-corrected chi connectivity index (χ2v) is 9.91. The summed E-state index contributed by atoms with van der Waals surface area (Å²) in [6.07, 6.45) is 1.88. The lowest BCUT2D eigenvalue weighted by molar-refractivity contribution is -0.192. The van der Waals surface area contributed by atoms with E-state index in [1.54, 1.807) is 24.5 Å². The van der Waals surface area contributed by atoms with Crippen molar-refractivity contribution in [2.45, 2.75) is 43.7 Å². The van der Waals surface area contributed by atoms with E-state index in [2.05, 4.69) is 5.10 Å². The summed E-state index contributed by atoms with van der Waals surface area (Å²) >= 11 is 0. The van der Waals surface area contributed by atoms with Crippen LogP contribution in [-0.2, 0) is 27.7 Å². The number of rotatable bonds is 4. The number of fused-ring (bicyclic) bond motifs is 1. The molecule has 198 valence electrons. The SMILES string of the molecule is Cc1cnn(-c2ccc(S(=O)(=O)NC(=O)c3cc4c(cc3N)CCCC4)cc2F)c1.O=C(O)C(F)(F)F. The third-order valence-electron chi connectivity index (χ3n) is 5.42. The Morgan fingerprint density at radius 3 is 2.22 bits per heavy atom. The van der Waals surface area contributed by atoms with Gasteiger partial charge in [0.25, 0.3) is 15.9 Å². The van der Waals surface area contributed by atoms with E-state index in [9.17, 15) is 30.8 Å². The molecule has 0 atom stereocenters. The minimum absolute atomic E-state index is 0.100. The van der Waals surface area contributed by atoms with E-state index in [1.807, 2.05) is 11.6 Å². The van der Waals surface area contributed by atoms with Gasteiger partial charge in [0.1, 0.15) is 11.5 Å². The molecular weight excluding hydrogens is 520 g/mol. The number of anilines is 1. The van der Waals surface area contributed by atoms with Crippen molar-refractivity contribution < 1.29 is 40.7 Å². The molecule has 1 aromatic heterocycles. The Morgan fingerprint density at radius 1 is 1.11 bits per heavy atom.